The van der Waals surface area contributed by atoms with Crippen LogP contribution in [0.5, 0.6) is 0 Å². The summed E-state index contributed by atoms with van der Waals surface area (Å²) in [6.07, 6.45) is 1.08. The van der Waals surface area contributed by atoms with Gasteiger partial charge in [-0.3, -0.25) is 0 Å². The molecular formula is C16H10F3NS2. The average Bonchev–Trinajstić information content (AvgIpc) is 3.15. The SMILES string of the molecule is FC(F)(F)c1ccc(/C=C/c2ncc(-c3cccs3)s2)cc1. The number of hydrogen-bond acceptors (Lipinski definition) is 3. The van der Waals surface area contributed by atoms with Crippen LogP contribution < -0.4 is 0 Å². The Morgan fingerprint density at radius 2 is 1.73 bits per heavy atom. The number of thiophene rings is 1. The zero-order valence-corrected chi connectivity index (χ0v) is 12.8. The van der Waals surface area contributed by atoms with Crippen LogP contribution in [0.1, 0.15) is 16.1 Å². The minimum Gasteiger partial charge on any atom is -0.244 e. The standard InChI is InChI=1S/C16H10F3NS2/c17-16(18,19)12-6-3-11(4-7-12)5-8-15-20-10-14(22-15)13-2-1-9-21-13/h1-10H/b8-5+. The van der Waals surface area contributed by atoms with Gasteiger partial charge >= 0.3 is 6.18 Å². The van der Waals surface area contributed by atoms with Crippen molar-refractivity contribution >= 4 is 34.8 Å². The van der Waals surface area contributed by atoms with Gasteiger partial charge in [0, 0.05) is 11.1 Å². The predicted octanol–water partition coefficient (Wildman–Crippen LogP) is 6.06. The van der Waals surface area contributed by atoms with E-state index in [1.807, 2.05) is 29.8 Å². The molecule has 0 unspecified atom stereocenters. The van der Waals surface area contributed by atoms with Crippen LogP contribution in [0.2, 0.25) is 0 Å². The summed E-state index contributed by atoms with van der Waals surface area (Å²) in [5, 5.41) is 2.83. The van der Waals surface area contributed by atoms with Gasteiger partial charge in [0.1, 0.15) is 5.01 Å². The highest BCUT2D eigenvalue weighted by Gasteiger charge is 2.29. The average molecular weight is 337 g/mol. The number of nitrogens with zero attached hydrogens (tertiary/aromatic N) is 1. The van der Waals surface area contributed by atoms with Crippen molar-refractivity contribution in [1.82, 2.24) is 4.98 Å². The first-order valence-electron chi connectivity index (χ1n) is 6.37. The fourth-order valence-corrected chi connectivity index (χ4v) is 3.49. The summed E-state index contributed by atoms with van der Waals surface area (Å²) in [6.45, 7) is 0. The molecule has 3 aromatic rings. The number of rotatable bonds is 3. The largest absolute Gasteiger partial charge is 0.416 e. The van der Waals surface area contributed by atoms with Gasteiger partial charge in [0.25, 0.3) is 0 Å². The maximum Gasteiger partial charge on any atom is 0.416 e. The third-order valence-corrected chi connectivity index (χ3v) is 4.97. The molecule has 112 valence electrons. The summed E-state index contributed by atoms with van der Waals surface area (Å²) in [5.74, 6) is 0. The third kappa shape index (κ3) is 3.45. The van der Waals surface area contributed by atoms with Crippen molar-refractivity contribution < 1.29 is 13.2 Å². The molecule has 0 N–H and O–H groups in total. The fraction of sp³-hybridized carbons (Fsp3) is 0.0625. The summed E-state index contributed by atoms with van der Waals surface area (Å²) in [5.41, 5.74) is 0.0692. The number of benzene rings is 1. The Morgan fingerprint density at radius 3 is 2.36 bits per heavy atom. The van der Waals surface area contributed by atoms with E-state index in [1.54, 1.807) is 28.7 Å². The van der Waals surface area contributed by atoms with Crippen molar-refractivity contribution in [3.8, 4) is 9.75 Å². The van der Waals surface area contributed by atoms with Crippen molar-refractivity contribution in [2.75, 3.05) is 0 Å². The lowest BCUT2D eigenvalue weighted by atomic mass is 10.1. The van der Waals surface area contributed by atoms with Crippen LogP contribution in [0.15, 0.2) is 48.0 Å². The van der Waals surface area contributed by atoms with E-state index in [0.29, 0.717) is 5.56 Å². The topological polar surface area (TPSA) is 12.9 Å². The molecule has 0 atom stereocenters. The Labute approximate surface area is 133 Å². The second-order valence-electron chi connectivity index (χ2n) is 4.49. The Bertz CT molecular complexity index is 769. The van der Waals surface area contributed by atoms with Crippen LogP contribution in [-0.2, 0) is 6.18 Å². The number of hydrogen-bond donors (Lipinski definition) is 0. The van der Waals surface area contributed by atoms with Gasteiger partial charge in [-0.25, -0.2) is 4.98 Å². The van der Waals surface area contributed by atoms with E-state index in [1.165, 1.54) is 12.1 Å². The summed E-state index contributed by atoms with van der Waals surface area (Å²) in [6, 6.07) is 9.08. The van der Waals surface area contributed by atoms with Crippen LogP contribution in [0.4, 0.5) is 13.2 Å². The summed E-state index contributed by atoms with van der Waals surface area (Å²) >= 11 is 3.20. The van der Waals surface area contributed by atoms with Crippen molar-refractivity contribution in [2.24, 2.45) is 0 Å². The highest BCUT2D eigenvalue weighted by atomic mass is 32.1. The predicted molar refractivity (Wildman–Crippen MR) is 85.8 cm³/mol. The van der Waals surface area contributed by atoms with Crippen LogP contribution in [0, 0.1) is 0 Å². The van der Waals surface area contributed by atoms with E-state index < -0.39 is 11.7 Å². The molecule has 2 heterocycles. The first-order chi connectivity index (χ1) is 10.5. The summed E-state index contributed by atoms with van der Waals surface area (Å²) in [7, 11) is 0. The van der Waals surface area contributed by atoms with E-state index in [0.717, 1.165) is 26.9 Å². The van der Waals surface area contributed by atoms with Gasteiger partial charge in [-0.05, 0) is 35.2 Å². The smallest absolute Gasteiger partial charge is 0.244 e. The lowest BCUT2D eigenvalue weighted by molar-refractivity contribution is -0.137. The number of aromatic nitrogens is 1. The second-order valence-corrected chi connectivity index (χ2v) is 6.50. The third-order valence-electron chi connectivity index (χ3n) is 2.94. The summed E-state index contributed by atoms with van der Waals surface area (Å²) in [4.78, 5) is 6.55. The Morgan fingerprint density at radius 1 is 0.955 bits per heavy atom. The van der Waals surface area contributed by atoms with Gasteiger partial charge in [0.05, 0.1) is 10.4 Å². The molecule has 0 fully saturated rings. The second kappa shape index (κ2) is 6.06. The van der Waals surface area contributed by atoms with Gasteiger partial charge < -0.3 is 0 Å². The molecule has 0 aliphatic rings. The maximum atomic E-state index is 12.5. The molecule has 22 heavy (non-hydrogen) atoms. The van der Waals surface area contributed by atoms with Crippen LogP contribution in [0.3, 0.4) is 0 Å². The van der Waals surface area contributed by atoms with Crippen molar-refractivity contribution in [3.05, 3.63) is 64.1 Å². The fourth-order valence-electron chi connectivity index (χ4n) is 1.85. The molecule has 6 heteroatoms. The molecule has 0 saturated carbocycles. The molecule has 0 radical (unpaired) electrons. The Hall–Kier alpha value is -1.92. The van der Waals surface area contributed by atoms with Crippen LogP contribution in [0.25, 0.3) is 21.9 Å². The van der Waals surface area contributed by atoms with E-state index in [-0.39, 0.29) is 0 Å². The van der Waals surface area contributed by atoms with E-state index >= 15 is 0 Å². The highest BCUT2D eigenvalue weighted by Crippen LogP contribution is 2.31. The van der Waals surface area contributed by atoms with Gasteiger partial charge in [-0.1, -0.05) is 24.3 Å². The van der Waals surface area contributed by atoms with Crippen LogP contribution in [-0.4, -0.2) is 4.98 Å². The first-order valence-corrected chi connectivity index (χ1v) is 8.07. The minimum absolute atomic E-state index is 0.640. The maximum absolute atomic E-state index is 12.5. The van der Waals surface area contributed by atoms with Crippen LogP contribution >= 0.6 is 22.7 Å². The molecule has 1 aromatic carbocycles. The lowest BCUT2D eigenvalue weighted by Crippen LogP contribution is -2.03. The molecule has 0 saturated heterocycles. The highest BCUT2D eigenvalue weighted by molar-refractivity contribution is 7.21. The Kier molecular flexibility index (Phi) is 4.13. The molecule has 1 nitrogen and oxygen atoms in total. The number of halogens is 3. The molecule has 2 aromatic heterocycles. The molecule has 0 aliphatic carbocycles. The number of alkyl halides is 3. The molecule has 3 rings (SSSR count). The van der Waals surface area contributed by atoms with Crippen molar-refractivity contribution in [2.45, 2.75) is 6.18 Å². The number of thiazole rings is 1. The minimum atomic E-state index is -4.30. The molecule has 0 spiro atoms. The van der Waals surface area contributed by atoms with Gasteiger partial charge in [-0.15, -0.1) is 22.7 Å². The monoisotopic (exact) mass is 337 g/mol. The van der Waals surface area contributed by atoms with Gasteiger partial charge in [0.2, 0.25) is 0 Å². The first kappa shape index (κ1) is 15.0. The van der Waals surface area contributed by atoms with Gasteiger partial charge in [0.15, 0.2) is 0 Å². The Balaban J connectivity index is 1.74. The normalized spacial score (nSPS) is 12.1. The molecular weight excluding hydrogens is 327 g/mol. The van der Waals surface area contributed by atoms with Gasteiger partial charge in [-0.2, -0.15) is 13.2 Å². The summed E-state index contributed by atoms with van der Waals surface area (Å²) < 4.78 is 37.4. The van der Waals surface area contributed by atoms with Crippen molar-refractivity contribution in [1.29, 1.82) is 0 Å². The van der Waals surface area contributed by atoms with E-state index in [9.17, 15) is 13.2 Å². The molecule has 0 bridgehead atoms. The van der Waals surface area contributed by atoms with E-state index in [2.05, 4.69) is 4.98 Å². The van der Waals surface area contributed by atoms with E-state index in [4.69, 9.17) is 0 Å². The zero-order valence-electron chi connectivity index (χ0n) is 11.2. The zero-order chi connectivity index (χ0) is 15.6. The quantitative estimate of drug-likeness (QED) is 0.566. The lowest BCUT2D eigenvalue weighted by Gasteiger charge is -2.05. The van der Waals surface area contributed by atoms with Crippen molar-refractivity contribution in [3.63, 3.8) is 0 Å². The molecule has 0 amide bonds. The molecule has 0 aliphatic heterocycles.